The van der Waals surface area contributed by atoms with Crippen LogP contribution in [0.4, 0.5) is 0 Å². The molecule has 25 heavy (non-hydrogen) atoms. The van der Waals surface area contributed by atoms with Crippen molar-refractivity contribution in [1.82, 2.24) is 20.4 Å². The first-order chi connectivity index (χ1) is 12.2. The average Bonchev–Trinajstić information content (AvgIpc) is 3.34. The minimum Gasteiger partial charge on any atom is -0.343 e. The van der Waals surface area contributed by atoms with Gasteiger partial charge in [-0.1, -0.05) is 31.8 Å². The fourth-order valence-corrected chi connectivity index (χ4v) is 3.54. The fraction of sp³-hybridized carbons (Fsp3) is 0.842. The van der Waals surface area contributed by atoms with Crippen LogP contribution in [0.3, 0.4) is 0 Å². The van der Waals surface area contributed by atoms with Crippen molar-refractivity contribution in [2.75, 3.05) is 13.1 Å². The number of amides is 1. The Bertz CT molecular complexity index is 543. The molecule has 1 aliphatic carbocycles. The lowest BCUT2D eigenvalue weighted by molar-refractivity contribution is -0.133. The molecule has 1 saturated heterocycles. The van der Waals surface area contributed by atoms with Gasteiger partial charge in [0.2, 0.25) is 11.8 Å². The normalized spacial score (nSPS) is 18.9. The van der Waals surface area contributed by atoms with Crippen molar-refractivity contribution in [1.29, 1.82) is 0 Å². The average molecular weight is 348 g/mol. The Labute approximate surface area is 150 Å². The van der Waals surface area contributed by atoms with Crippen LogP contribution in [0.1, 0.15) is 70.5 Å². The monoisotopic (exact) mass is 348 g/mol. The quantitative estimate of drug-likeness (QED) is 0.743. The maximum Gasteiger partial charge on any atom is 0.240 e. The lowest BCUT2D eigenvalue weighted by Crippen LogP contribution is -2.45. The van der Waals surface area contributed by atoms with Crippen LogP contribution in [0.2, 0.25) is 0 Å². The molecular formula is C19H32N4O2. The largest absolute Gasteiger partial charge is 0.343 e. The topological polar surface area (TPSA) is 71.3 Å². The van der Waals surface area contributed by atoms with Crippen molar-refractivity contribution < 1.29 is 9.32 Å². The van der Waals surface area contributed by atoms with E-state index in [1.165, 1.54) is 12.8 Å². The highest BCUT2D eigenvalue weighted by molar-refractivity contribution is 5.76. The van der Waals surface area contributed by atoms with E-state index in [0.29, 0.717) is 36.7 Å². The zero-order valence-electron chi connectivity index (χ0n) is 15.7. The van der Waals surface area contributed by atoms with Crippen molar-refractivity contribution in [2.45, 2.75) is 77.8 Å². The predicted molar refractivity (Wildman–Crippen MR) is 95.9 cm³/mol. The van der Waals surface area contributed by atoms with Crippen molar-refractivity contribution in [3.63, 3.8) is 0 Å². The fourth-order valence-electron chi connectivity index (χ4n) is 3.54. The molecule has 1 saturated carbocycles. The van der Waals surface area contributed by atoms with Gasteiger partial charge >= 0.3 is 0 Å². The summed E-state index contributed by atoms with van der Waals surface area (Å²) in [5.74, 6) is 3.17. The van der Waals surface area contributed by atoms with E-state index in [1.807, 2.05) is 4.90 Å². The number of piperidine rings is 1. The third-order valence-electron chi connectivity index (χ3n) is 5.69. The molecule has 1 aromatic rings. The predicted octanol–water partition coefficient (Wildman–Crippen LogP) is 2.93. The number of hydrogen-bond acceptors (Lipinski definition) is 5. The Morgan fingerprint density at radius 3 is 2.60 bits per heavy atom. The van der Waals surface area contributed by atoms with Crippen LogP contribution in [-0.2, 0) is 17.8 Å². The van der Waals surface area contributed by atoms with E-state index in [-0.39, 0.29) is 0 Å². The Hall–Kier alpha value is -1.43. The minimum absolute atomic E-state index is 0.328. The van der Waals surface area contributed by atoms with Crippen molar-refractivity contribution in [2.24, 2.45) is 11.8 Å². The van der Waals surface area contributed by atoms with E-state index in [0.717, 1.165) is 56.9 Å². The third kappa shape index (κ3) is 5.53. The van der Waals surface area contributed by atoms with Crippen LogP contribution in [0.5, 0.6) is 0 Å². The Morgan fingerprint density at radius 1 is 1.24 bits per heavy atom. The Morgan fingerprint density at radius 2 is 1.96 bits per heavy atom. The van der Waals surface area contributed by atoms with Crippen molar-refractivity contribution >= 4 is 5.91 Å². The van der Waals surface area contributed by atoms with Gasteiger partial charge in [-0.15, -0.1) is 0 Å². The smallest absolute Gasteiger partial charge is 0.240 e. The number of nitrogens with zero attached hydrogens (tertiary/aromatic N) is 3. The molecule has 0 atom stereocenters. The number of hydrogen-bond donors (Lipinski definition) is 1. The number of nitrogens with one attached hydrogen (secondary N) is 1. The molecular weight excluding hydrogens is 316 g/mol. The molecule has 0 spiro atoms. The van der Waals surface area contributed by atoms with E-state index >= 15 is 0 Å². The maximum absolute atomic E-state index is 12.4. The van der Waals surface area contributed by atoms with Crippen LogP contribution in [0.15, 0.2) is 4.52 Å². The minimum atomic E-state index is 0.328. The van der Waals surface area contributed by atoms with Gasteiger partial charge in [0.15, 0.2) is 5.82 Å². The van der Waals surface area contributed by atoms with Gasteiger partial charge in [-0.25, -0.2) is 0 Å². The van der Waals surface area contributed by atoms with Gasteiger partial charge in [-0.3, -0.25) is 4.79 Å². The number of rotatable bonds is 9. The second-order valence-electron chi connectivity index (χ2n) is 7.67. The summed E-state index contributed by atoms with van der Waals surface area (Å²) in [6, 6.07) is 0.427. The summed E-state index contributed by atoms with van der Waals surface area (Å²) < 4.78 is 5.32. The lowest BCUT2D eigenvalue weighted by Gasteiger charge is -2.33. The number of carbonyl (C=O) groups excluding carboxylic acids is 1. The van der Waals surface area contributed by atoms with E-state index < -0.39 is 0 Å². The van der Waals surface area contributed by atoms with Crippen LogP contribution in [-0.4, -0.2) is 40.1 Å². The van der Waals surface area contributed by atoms with E-state index in [1.54, 1.807) is 0 Å². The second kappa shape index (κ2) is 8.79. The van der Waals surface area contributed by atoms with Gasteiger partial charge in [0.05, 0.1) is 6.54 Å². The highest BCUT2D eigenvalue weighted by Crippen LogP contribution is 2.31. The molecule has 6 nitrogen and oxygen atoms in total. The molecule has 6 heteroatoms. The van der Waals surface area contributed by atoms with Gasteiger partial charge in [-0.2, -0.15) is 4.98 Å². The van der Waals surface area contributed by atoms with Gasteiger partial charge in [-0.05, 0) is 37.5 Å². The van der Waals surface area contributed by atoms with Crippen LogP contribution < -0.4 is 5.32 Å². The van der Waals surface area contributed by atoms with Gasteiger partial charge < -0.3 is 14.7 Å². The SMILES string of the molecule is CCC(CC)CC(=O)N1CCC(NCc2nc(CC3CC3)no2)CC1. The molecule has 2 fully saturated rings. The van der Waals surface area contributed by atoms with Crippen LogP contribution in [0, 0.1) is 11.8 Å². The molecule has 2 aliphatic rings. The van der Waals surface area contributed by atoms with Gasteiger partial charge in [0.1, 0.15) is 0 Å². The number of likely N-dealkylation sites (tertiary alicyclic amines) is 1. The summed E-state index contributed by atoms with van der Waals surface area (Å²) in [5.41, 5.74) is 0. The number of aromatic nitrogens is 2. The van der Waals surface area contributed by atoms with Gasteiger partial charge in [0, 0.05) is 32.0 Å². The standard InChI is InChI=1S/C19H32N4O2/c1-3-14(4-2)12-19(24)23-9-7-16(8-10-23)20-13-18-21-17(22-25-18)11-15-5-6-15/h14-16,20H,3-13H2,1-2H3. The van der Waals surface area contributed by atoms with E-state index in [9.17, 15) is 4.79 Å². The van der Waals surface area contributed by atoms with Crippen molar-refractivity contribution in [3.8, 4) is 0 Å². The third-order valence-corrected chi connectivity index (χ3v) is 5.69. The lowest BCUT2D eigenvalue weighted by atomic mass is 9.97. The molecule has 1 amide bonds. The first-order valence-electron chi connectivity index (χ1n) is 10.0. The number of carbonyl (C=O) groups is 1. The van der Waals surface area contributed by atoms with Crippen LogP contribution >= 0.6 is 0 Å². The summed E-state index contributed by atoms with van der Waals surface area (Å²) in [6.45, 7) is 6.68. The molecule has 1 aromatic heterocycles. The van der Waals surface area contributed by atoms with E-state index in [2.05, 4.69) is 29.3 Å². The molecule has 140 valence electrons. The summed E-state index contributed by atoms with van der Waals surface area (Å²) in [4.78, 5) is 18.9. The summed E-state index contributed by atoms with van der Waals surface area (Å²) in [7, 11) is 0. The highest BCUT2D eigenvalue weighted by Gasteiger charge is 2.25. The summed E-state index contributed by atoms with van der Waals surface area (Å²) in [6.07, 6.45) is 8.44. The molecule has 0 radical (unpaired) electrons. The summed E-state index contributed by atoms with van der Waals surface area (Å²) >= 11 is 0. The molecule has 1 N–H and O–H groups in total. The molecule has 0 unspecified atom stereocenters. The Balaban J connectivity index is 1.36. The molecule has 3 rings (SSSR count). The first kappa shape index (κ1) is 18.4. The van der Waals surface area contributed by atoms with E-state index in [4.69, 9.17) is 4.52 Å². The van der Waals surface area contributed by atoms with Crippen LogP contribution in [0.25, 0.3) is 0 Å². The summed E-state index contributed by atoms with van der Waals surface area (Å²) in [5, 5.41) is 7.57. The first-order valence-corrected chi connectivity index (χ1v) is 10.0. The second-order valence-corrected chi connectivity index (χ2v) is 7.67. The molecule has 1 aliphatic heterocycles. The maximum atomic E-state index is 12.4. The van der Waals surface area contributed by atoms with Crippen molar-refractivity contribution in [3.05, 3.63) is 11.7 Å². The molecule has 0 bridgehead atoms. The molecule has 2 heterocycles. The molecule has 0 aromatic carbocycles. The van der Waals surface area contributed by atoms with Gasteiger partial charge in [0.25, 0.3) is 0 Å². The zero-order chi connectivity index (χ0) is 17.6. The zero-order valence-corrected chi connectivity index (χ0v) is 15.7. The Kier molecular flexibility index (Phi) is 6.45. The highest BCUT2D eigenvalue weighted by atomic mass is 16.5.